The van der Waals surface area contributed by atoms with Gasteiger partial charge in [0, 0.05) is 33.6 Å². The first-order valence-electron chi connectivity index (χ1n) is 11.1. The fourth-order valence-corrected chi connectivity index (χ4v) is 5.12. The van der Waals surface area contributed by atoms with E-state index in [1.165, 1.54) is 23.5 Å². The van der Waals surface area contributed by atoms with Gasteiger partial charge < -0.3 is 19.6 Å². The van der Waals surface area contributed by atoms with Gasteiger partial charge in [0.25, 0.3) is 5.91 Å². The van der Waals surface area contributed by atoms with E-state index in [-0.39, 0.29) is 36.4 Å². The van der Waals surface area contributed by atoms with Crippen molar-refractivity contribution < 1.29 is 27.4 Å². The third kappa shape index (κ3) is 5.18. The Hall–Kier alpha value is -2.69. The topological polar surface area (TPSA) is 90.4 Å². The van der Waals surface area contributed by atoms with E-state index in [0.717, 1.165) is 12.1 Å². The van der Waals surface area contributed by atoms with Gasteiger partial charge in [-0.2, -0.15) is 4.31 Å². The molecule has 10 heteroatoms. The number of para-hydroxylation sites is 1. The van der Waals surface area contributed by atoms with Crippen LogP contribution in [0.5, 0.6) is 5.75 Å². The van der Waals surface area contributed by atoms with Gasteiger partial charge in [0.05, 0.1) is 35.3 Å². The molecule has 1 aliphatic heterocycles. The molecular formula is C24H32FN3O5S. The first-order chi connectivity index (χ1) is 16.0. The number of anilines is 1. The van der Waals surface area contributed by atoms with Crippen LogP contribution in [0.4, 0.5) is 10.1 Å². The molecule has 0 radical (unpaired) electrons. The van der Waals surface area contributed by atoms with E-state index >= 15 is 0 Å². The monoisotopic (exact) mass is 493 g/mol. The summed E-state index contributed by atoms with van der Waals surface area (Å²) in [5.41, 5.74) is 1.04. The first kappa shape index (κ1) is 25.9. The van der Waals surface area contributed by atoms with E-state index in [9.17, 15) is 22.7 Å². The van der Waals surface area contributed by atoms with Crippen LogP contribution in [-0.2, 0) is 10.0 Å². The molecule has 0 unspecified atom stereocenters. The highest BCUT2D eigenvalue weighted by Gasteiger charge is 2.36. The summed E-state index contributed by atoms with van der Waals surface area (Å²) in [7, 11) is 1.22. The molecule has 186 valence electrons. The van der Waals surface area contributed by atoms with Gasteiger partial charge in [-0.05, 0) is 43.3 Å². The summed E-state index contributed by atoms with van der Waals surface area (Å²) >= 11 is 0. The van der Waals surface area contributed by atoms with Crippen LogP contribution in [0.2, 0.25) is 0 Å². The molecule has 2 aromatic rings. The molecule has 1 N–H and O–H groups in total. The molecule has 0 fully saturated rings. The number of likely N-dealkylation sites (N-methyl/N-ethyl adjacent to an activating group) is 1. The summed E-state index contributed by atoms with van der Waals surface area (Å²) in [6.45, 7) is 3.74. The fourth-order valence-electron chi connectivity index (χ4n) is 3.94. The van der Waals surface area contributed by atoms with Crippen LogP contribution >= 0.6 is 0 Å². The number of aliphatic hydroxyl groups excluding tert-OH is 1. The SMILES string of the molecule is C[C@H]1CN([C@@H](C)CO)C(=O)c2cccc(N(C)C)c2O[C@H]1CN(C)S(=O)(=O)c1ccc(F)cc1. The molecule has 0 saturated carbocycles. The summed E-state index contributed by atoms with van der Waals surface area (Å²) < 4.78 is 47.1. The Balaban J connectivity index is 2.01. The van der Waals surface area contributed by atoms with Crippen LogP contribution in [0.15, 0.2) is 47.4 Å². The van der Waals surface area contributed by atoms with Crippen LogP contribution in [0, 0.1) is 11.7 Å². The zero-order chi connectivity index (χ0) is 25.2. The van der Waals surface area contributed by atoms with Crippen LogP contribution < -0.4 is 9.64 Å². The van der Waals surface area contributed by atoms with E-state index in [0.29, 0.717) is 17.0 Å². The number of sulfonamides is 1. The van der Waals surface area contributed by atoms with Crippen LogP contribution in [0.3, 0.4) is 0 Å². The number of amides is 1. The van der Waals surface area contributed by atoms with Gasteiger partial charge in [0.2, 0.25) is 10.0 Å². The van der Waals surface area contributed by atoms with E-state index in [1.807, 2.05) is 32.0 Å². The second-order valence-electron chi connectivity index (χ2n) is 8.91. The van der Waals surface area contributed by atoms with Gasteiger partial charge >= 0.3 is 0 Å². The second-order valence-corrected chi connectivity index (χ2v) is 11.0. The molecule has 0 spiro atoms. The molecular weight excluding hydrogens is 461 g/mol. The molecule has 0 aromatic heterocycles. The Morgan fingerprint density at radius 1 is 1.18 bits per heavy atom. The number of halogens is 1. The number of ether oxygens (including phenoxy) is 1. The molecule has 3 rings (SSSR count). The predicted molar refractivity (Wildman–Crippen MR) is 128 cm³/mol. The molecule has 1 aliphatic rings. The van der Waals surface area contributed by atoms with Crippen molar-refractivity contribution in [3.8, 4) is 5.75 Å². The Bertz CT molecular complexity index is 1120. The predicted octanol–water partition coefficient (Wildman–Crippen LogP) is 2.43. The third-order valence-corrected chi connectivity index (χ3v) is 7.95. The van der Waals surface area contributed by atoms with E-state index in [2.05, 4.69) is 0 Å². The molecule has 1 amide bonds. The summed E-state index contributed by atoms with van der Waals surface area (Å²) in [4.78, 5) is 16.8. The Morgan fingerprint density at radius 3 is 2.41 bits per heavy atom. The smallest absolute Gasteiger partial charge is 0.258 e. The van der Waals surface area contributed by atoms with E-state index < -0.39 is 28.0 Å². The second kappa shape index (κ2) is 10.3. The Labute approximate surface area is 200 Å². The number of carbonyl (C=O) groups excluding carboxylic acids is 1. The minimum Gasteiger partial charge on any atom is -0.486 e. The maximum absolute atomic E-state index is 13.4. The first-order valence-corrected chi connectivity index (χ1v) is 12.5. The van der Waals surface area contributed by atoms with Gasteiger partial charge in [-0.3, -0.25) is 4.79 Å². The lowest BCUT2D eigenvalue weighted by Crippen LogP contribution is -2.50. The van der Waals surface area contributed by atoms with Crippen molar-refractivity contribution in [3.63, 3.8) is 0 Å². The molecule has 0 aliphatic carbocycles. The number of aliphatic hydroxyl groups is 1. The number of rotatable bonds is 7. The van der Waals surface area contributed by atoms with Crippen LogP contribution in [0.1, 0.15) is 24.2 Å². The summed E-state index contributed by atoms with van der Waals surface area (Å²) in [5.74, 6) is -0.657. The normalized spacial score (nSPS) is 19.8. The number of hydrogen-bond acceptors (Lipinski definition) is 6. The number of carbonyl (C=O) groups is 1. The average molecular weight is 494 g/mol. The summed E-state index contributed by atoms with van der Waals surface area (Å²) in [6.07, 6.45) is -0.596. The number of fused-ring (bicyclic) bond motifs is 1. The lowest BCUT2D eigenvalue weighted by Gasteiger charge is -2.38. The van der Waals surface area contributed by atoms with Crippen LogP contribution in [-0.4, -0.2) is 81.6 Å². The maximum atomic E-state index is 13.4. The molecule has 3 atom stereocenters. The molecule has 1 heterocycles. The van der Waals surface area contributed by atoms with E-state index in [1.54, 1.807) is 24.0 Å². The van der Waals surface area contributed by atoms with Gasteiger partial charge in [0.1, 0.15) is 11.9 Å². The molecule has 0 saturated heterocycles. The van der Waals surface area contributed by atoms with E-state index in [4.69, 9.17) is 4.74 Å². The molecule has 8 nitrogen and oxygen atoms in total. The number of benzene rings is 2. The summed E-state index contributed by atoms with van der Waals surface area (Å²) in [5, 5.41) is 9.76. The lowest BCUT2D eigenvalue weighted by molar-refractivity contribution is 0.0388. The minimum atomic E-state index is -3.89. The van der Waals surface area contributed by atoms with Crippen molar-refractivity contribution in [1.82, 2.24) is 9.21 Å². The standard InChI is InChI=1S/C24H32FN3O5S/c1-16-13-28(17(2)15-29)24(30)20-7-6-8-21(26(3)4)23(20)33-22(16)14-27(5)34(31,32)19-11-9-18(25)10-12-19/h6-12,16-17,22,29H,13-15H2,1-5H3/t16-,17-,22-/m0/s1. The average Bonchev–Trinajstić information content (AvgIpc) is 2.80. The highest BCUT2D eigenvalue weighted by Crippen LogP contribution is 2.36. The largest absolute Gasteiger partial charge is 0.486 e. The molecule has 2 aromatic carbocycles. The zero-order valence-electron chi connectivity index (χ0n) is 20.1. The van der Waals surface area contributed by atoms with Crippen molar-refractivity contribution >= 4 is 21.6 Å². The highest BCUT2D eigenvalue weighted by atomic mass is 32.2. The Morgan fingerprint density at radius 2 is 1.82 bits per heavy atom. The van der Waals surface area contributed by atoms with Crippen molar-refractivity contribution in [2.24, 2.45) is 5.92 Å². The Kier molecular flexibility index (Phi) is 7.84. The third-order valence-electron chi connectivity index (χ3n) is 6.11. The van der Waals surface area contributed by atoms with Crippen molar-refractivity contribution in [3.05, 3.63) is 53.8 Å². The van der Waals surface area contributed by atoms with Gasteiger partial charge in [-0.1, -0.05) is 13.0 Å². The number of hydrogen-bond donors (Lipinski definition) is 1. The van der Waals surface area contributed by atoms with Gasteiger partial charge in [0.15, 0.2) is 5.75 Å². The maximum Gasteiger partial charge on any atom is 0.258 e. The quantitative estimate of drug-likeness (QED) is 0.637. The minimum absolute atomic E-state index is 0.0115. The van der Waals surface area contributed by atoms with Crippen molar-refractivity contribution in [1.29, 1.82) is 0 Å². The van der Waals surface area contributed by atoms with Crippen LogP contribution in [0.25, 0.3) is 0 Å². The van der Waals surface area contributed by atoms with Gasteiger partial charge in [-0.25, -0.2) is 12.8 Å². The molecule has 34 heavy (non-hydrogen) atoms. The molecule has 0 bridgehead atoms. The highest BCUT2D eigenvalue weighted by molar-refractivity contribution is 7.89. The van der Waals surface area contributed by atoms with Crippen molar-refractivity contribution in [2.45, 2.75) is 30.9 Å². The van der Waals surface area contributed by atoms with Gasteiger partial charge in [-0.15, -0.1) is 0 Å². The lowest BCUT2D eigenvalue weighted by atomic mass is 9.99. The van der Waals surface area contributed by atoms with Crippen molar-refractivity contribution in [2.75, 3.05) is 45.7 Å². The fraction of sp³-hybridized carbons (Fsp3) is 0.458. The zero-order valence-corrected chi connectivity index (χ0v) is 20.9. The summed E-state index contributed by atoms with van der Waals surface area (Å²) in [6, 6.07) is 9.51. The number of nitrogens with zero attached hydrogens (tertiary/aromatic N) is 3.